The third-order valence-corrected chi connectivity index (χ3v) is 5.10. The van der Waals surface area contributed by atoms with Gasteiger partial charge in [0.2, 0.25) is 5.91 Å². The maximum atomic E-state index is 12.5. The van der Waals surface area contributed by atoms with Gasteiger partial charge in [0.25, 0.3) is 0 Å². The van der Waals surface area contributed by atoms with Crippen LogP contribution in [0.1, 0.15) is 18.9 Å². The van der Waals surface area contributed by atoms with Gasteiger partial charge in [0, 0.05) is 31.6 Å². The Hall–Kier alpha value is -2.09. The Balaban J connectivity index is 1.84. The van der Waals surface area contributed by atoms with Crippen LogP contribution in [-0.2, 0) is 21.1 Å². The summed E-state index contributed by atoms with van der Waals surface area (Å²) < 4.78 is 22.5. The molecule has 0 aliphatic carbocycles. The Bertz CT molecular complexity index is 746. The first kappa shape index (κ1) is 19.2. The van der Waals surface area contributed by atoms with Crippen molar-refractivity contribution in [2.45, 2.75) is 25.8 Å². The fourth-order valence-electron chi connectivity index (χ4n) is 2.74. The number of hydrogen-bond acceptors (Lipinski definition) is 4. The van der Waals surface area contributed by atoms with Crippen molar-refractivity contribution in [2.24, 2.45) is 4.99 Å². The normalized spacial score (nSPS) is 15.6. The van der Waals surface area contributed by atoms with E-state index >= 15 is 0 Å². The van der Waals surface area contributed by atoms with Crippen molar-refractivity contribution in [2.75, 3.05) is 37.0 Å². The maximum Gasteiger partial charge on any atom is 0.246 e. The summed E-state index contributed by atoms with van der Waals surface area (Å²) in [4.78, 5) is 18.3. The van der Waals surface area contributed by atoms with Gasteiger partial charge in [-0.2, -0.15) is 0 Å². The highest BCUT2D eigenvalue weighted by Crippen LogP contribution is 2.27. The summed E-state index contributed by atoms with van der Waals surface area (Å²) in [5.41, 5.74) is 2.16. The molecule has 2 rings (SSSR count). The van der Waals surface area contributed by atoms with Crippen LogP contribution in [0.4, 0.5) is 5.69 Å². The topological polar surface area (TPSA) is 90.9 Å². The highest BCUT2D eigenvalue weighted by Gasteiger charge is 2.24. The van der Waals surface area contributed by atoms with E-state index in [4.69, 9.17) is 0 Å². The van der Waals surface area contributed by atoms with Crippen molar-refractivity contribution >= 4 is 27.4 Å². The lowest BCUT2D eigenvalue weighted by atomic mass is 10.2. The van der Waals surface area contributed by atoms with Crippen LogP contribution in [-0.4, -0.2) is 58.5 Å². The second-order valence-corrected chi connectivity index (χ2v) is 8.57. The first-order valence-corrected chi connectivity index (χ1v) is 10.4. The number of para-hydroxylation sites is 1. The summed E-state index contributed by atoms with van der Waals surface area (Å²) in [6, 6.07) is 7.85. The highest BCUT2D eigenvalue weighted by atomic mass is 32.2. The number of sulfone groups is 1. The first-order chi connectivity index (χ1) is 11.8. The van der Waals surface area contributed by atoms with Gasteiger partial charge in [0.1, 0.15) is 9.84 Å². The van der Waals surface area contributed by atoms with E-state index in [-0.39, 0.29) is 24.2 Å². The van der Waals surface area contributed by atoms with Crippen LogP contribution >= 0.6 is 0 Å². The molecule has 2 N–H and O–H groups in total. The third-order valence-electron chi connectivity index (χ3n) is 4.12. The number of benzene rings is 1. The monoisotopic (exact) mass is 366 g/mol. The van der Waals surface area contributed by atoms with E-state index in [1.165, 1.54) is 11.8 Å². The molecule has 0 saturated heterocycles. The number of nitrogens with one attached hydrogen (secondary N) is 2. The highest BCUT2D eigenvalue weighted by molar-refractivity contribution is 7.90. The van der Waals surface area contributed by atoms with Gasteiger partial charge in [-0.05, 0) is 31.4 Å². The molecule has 1 heterocycles. The molecule has 0 spiro atoms. The van der Waals surface area contributed by atoms with E-state index in [0.717, 1.165) is 12.1 Å². The lowest BCUT2D eigenvalue weighted by Gasteiger charge is -2.20. The Morgan fingerprint density at radius 1 is 1.36 bits per heavy atom. The number of fused-ring (bicyclic) bond motifs is 1. The van der Waals surface area contributed by atoms with Crippen molar-refractivity contribution in [1.82, 2.24) is 10.6 Å². The summed E-state index contributed by atoms with van der Waals surface area (Å²) in [6.45, 7) is 2.71. The lowest BCUT2D eigenvalue weighted by molar-refractivity contribution is -0.117. The molecule has 8 heteroatoms. The molecule has 0 aromatic heterocycles. The Morgan fingerprint density at radius 2 is 2.08 bits per heavy atom. The van der Waals surface area contributed by atoms with Crippen LogP contribution in [0, 0.1) is 0 Å². The molecule has 138 valence electrons. The molecule has 1 aliphatic rings. The minimum atomic E-state index is -2.99. The van der Waals surface area contributed by atoms with Gasteiger partial charge in [-0.3, -0.25) is 9.79 Å². The van der Waals surface area contributed by atoms with Gasteiger partial charge in [-0.15, -0.1) is 0 Å². The molecule has 1 unspecified atom stereocenters. The minimum absolute atomic E-state index is 0.0170. The second-order valence-electron chi connectivity index (χ2n) is 6.31. The summed E-state index contributed by atoms with van der Waals surface area (Å²) >= 11 is 0. The number of rotatable bonds is 6. The molecule has 0 bridgehead atoms. The van der Waals surface area contributed by atoms with E-state index < -0.39 is 9.84 Å². The predicted molar refractivity (Wildman–Crippen MR) is 101 cm³/mol. The van der Waals surface area contributed by atoms with Crippen molar-refractivity contribution in [3.63, 3.8) is 0 Å². The largest absolute Gasteiger partial charge is 0.354 e. The second kappa shape index (κ2) is 8.33. The summed E-state index contributed by atoms with van der Waals surface area (Å²) in [5.74, 6) is 0.584. The summed E-state index contributed by atoms with van der Waals surface area (Å²) in [7, 11) is -1.37. The van der Waals surface area contributed by atoms with Crippen molar-refractivity contribution in [1.29, 1.82) is 0 Å². The van der Waals surface area contributed by atoms with Crippen LogP contribution in [0.2, 0.25) is 0 Å². The molecular weight excluding hydrogens is 340 g/mol. The number of anilines is 1. The summed E-state index contributed by atoms with van der Waals surface area (Å²) in [5, 5.41) is 6.11. The number of nitrogens with zero attached hydrogens (tertiary/aromatic N) is 2. The zero-order chi connectivity index (χ0) is 18.4. The fraction of sp³-hybridized carbons (Fsp3) is 0.529. The third kappa shape index (κ3) is 5.74. The maximum absolute atomic E-state index is 12.5. The van der Waals surface area contributed by atoms with Crippen molar-refractivity contribution in [3.8, 4) is 0 Å². The quantitative estimate of drug-likeness (QED) is 0.567. The Kier molecular flexibility index (Phi) is 6.41. The lowest BCUT2D eigenvalue weighted by Crippen LogP contribution is -2.47. The molecule has 0 radical (unpaired) electrons. The van der Waals surface area contributed by atoms with Gasteiger partial charge in [-0.1, -0.05) is 18.2 Å². The Labute approximate surface area is 149 Å². The molecule has 1 aliphatic heterocycles. The standard InChI is InChI=1S/C17H26N4O3S/c1-13(9-11-25(3,23)24)20-17(18-2)19-12-16(22)21-10-8-14-6-4-5-7-15(14)21/h4-7,13H,8-12H2,1-3H3,(H2,18,19,20). The molecule has 1 amide bonds. The summed E-state index contributed by atoms with van der Waals surface area (Å²) in [6.07, 6.45) is 2.57. The SMILES string of the molecule is CN=C(NCC(=O)N1CCc2ccccc21)NC(C)CCS(C)(=O)=O. The Morgan fingerprint density at radius 3 is 2.76 bits per heavy atom. The zero-order valence-electron chi connectivity index (χ0n) is 14.9. The molecular formula is C17H26N4O3S. The van der Waals surface area contributed by atoms with Crippen molar-refractivity contribution < 1.29 is 13.2 Å². The number of hydrogen-bond donors (Lipinski definition) is 2. The van der Waals surface area contributed by atoms with Crippen LogP contribution in [0.15, 0.2) is 29.3 Å². The average molecular weight is 366 g/mol. The van der Waals surface area contributed by atoms with Gasteiger partial charge in [0.05, 0.1) is 12.3 Å². The molecule has 1 atom stereocenters. The molecule has 0 fully saturated rings. The van der Waals surface area contributed by atoms with Gasteiger partial charge in [-0.25, -0.2) is 8.42 Å². The predicted octanol–water partition coefficient (Wildman–Crippen LogP) is 0.564. The first-order valence-electron chi connectivity index (χ1n) is 8.33. The number of carbonyl (C=O) groups is 1. The van der Waals surface area contributed by atoms with Crippen LogP contribution in [0.3, 0.4) is 0 Å². The van der Waals surface area contributed by atoms with E-state index in [9.17, 15) is 13.2 Å². The molecule has 1 aromatic rings. The van der Waals surface area contributed by atoms with Crippen LogP contribution in [0.25, 0.3) is 0 Å². The van der Waals surface area contributed by atoms with E-state index in [1.54, 1.807) is 11.9 Å². The van der Waals surface area contributed by atoms with E-state index in [2.05, 4.69) is 15.6 Å². The van der Waals surface area contributed by atoms with Crippen LogP contribution < -0.4 is 15.5 Å². The molecule has 7 nitrogen and oxygen atoms in total. The number of guanidine groups is 1. The van der Waals surface area contributed by atoms with Crippen molar-refractivity contribution in [3.05, 3.63) is 29.8 Å². The molecule has 0 saturated carbocycles. The minimum Gasteiger partial charge on any atom is -0.354 e. The van der Waals surface area contributed by atoms with Gasteiger partial charge in [0.15, 0.2) is 5.96 Å². The smallest absolute Gasteiger partial charge is 0.246 e. The zero-order valence-corrected chi connectivity index (χ0v) is 15.8. The fourth-order valence-corrected chi connectivity index (χ4v) is 3.52. The van der Waals surface area contributed by atoms with Gasteiger partial charge < -0.3 is 15.5 Å². The molecule has 1 aromatic carbocycles. The van der Waals surface area contributed by atoms with Crippen LogP contribution in [0.5, 0.6) is 0 Å². The molecule has 25 heavy (non-hydrogen) atoms. The number of amides is 1. The number of aliphatic imine (C=N–C) groups is 1. The number of carbonyl (C=O) groups excluding carboxylic acids is 1. The van der Waals surface area contributed by atoms with E-state index in [1.807, 2.05) is 31.2 Å². The van der Waals surface area contributed by atoms with Gasteiger partial charge >= 0.3 is 0 Å². The van der Waals surface area contributed by atoms with E-state index in [0.29, 0.717) is 18.9 Å². The average Bonchev–Trinajstić information content (AvgIpc) is 3.00.